The maximum atomic E-state index is 10.1. The Labute approximate surface area is 199 Å². The van der Waals surface area contributed by atoms with E-state index < -0.39 is 42.0 Å². The molecule has 1 aliphatic heterocycles. The summed E-state index contributed by atoms with van der Waals surface area (Å²) >= 11 is 3.65. The zero-order valence-electron chi connectivity index (χ0n) is 19.2. The van der Waals surface area contributed by atoms with Gasteiger partial charge in [-0.2, -0.15) is 12.6 Å². The average Bonchev–Trinajstić information content (AvgIpc) is 3.29. The zero-order valence-corrected chi connectivity index (χ0v) is 20.1. The van der Waals surface area contributed by atoms with Gasteiger partial charge in [-0.05, 0) is 44.7 Å². The first-order valence-corrected chi connectivity index (χ1v) is 11.1. The summed E-state index contributed by atoms with van der Waals surface area (Å²) in [5, 5.41) is 35.8. The first kappa shape index (κ1) is 35.6. The molecule has 0 aromatic carbocycles. The van der Waals surface area contributed by atoms with Crippen LogP contribution in [0.3, 0.4) is 0 Å². The molecule has 4 atom stereocenters. The Morgan fingerprint density at radius 2 is 1.45 bits per heavy atom. The fourth-order valence-corrected chi connectivity index (χ4v) is 2.05. The lowest BCUT2D eigenvalue weighted by atomic mass is 10.1. The van der Waals surface area contributed by atoms with Crippen LogP contribution in [0.2, 0.25) is 0 Å². The van der Waals surface area contributed by atoms with Crippen LogP contribution in [0.5, 0.6) is 0 Å². The highest BCUT2D eigenvalue weighted by Crippen LogP contribution is 2.03. The SMILES string of the molecule is CC(C)C(N)C(=O)O.NC(CS)C(=O)O.NCCCCC(N)C(=O)O.O=C(O)[C@@H]1CCCN1. The zero-order chi connectivity index (χ0) is 26.6. The number of hydrogen-bond acceptors (Lipinski definition) is 10. The van der Waals surface area contributed by atoms with E-state index in [1.807, 2.05) is 0 Å². The lowest BCUT2D eigenvalue weighted by Crippen LogP contribution is -2.34. The van der Waals surface area contributed by atoms with Crippen molar-refractivity contribution in [1.82, 2.24) is 5.32 Å². The Kier molecular flexibility index (Phi) is 23.6. The molecule has 33 heavy (non-hydrogen) atoms. The smallest absolute Gasteiger partial charge is 0.321 e. The van der Waals surface area contributed by atoms with Gasteiger partial charge >= 0.3 is 23.9 Å². The number of aliphatic carboxylic acids is 4. The van der Waals surface area contributed by atoms with Crippen LogP contribution in [0, 0.1) is 5.92 Å². The second-order valence-electron chi connectivity index (χ2n) is 7.45. The van der Waals surface area contributed by atoms with Gasteiger partial charge in [-0.1, -0.05) is 20.3 Å². The summed E-state index contributed by atoms with van der Waals surface area (Å²) < 4.78 is 0. The summed E-state index contributed by atoms with van der Waals surface area (Å²) in [4.78, 5) is 40.0. The fraction of sp³-hybridized carbons (Fsp3) is 0.789. The molecule has 13 N–H and O–H groups in total. The predicted molar refractivity (Wildman–Crippen MR) is 127 cm³/mol. The molecule has 0 bridgehead atoms. The van der Waals surface area contributed by atoms with Gasteiger partial charge in [0.25, 0.3) is 0 Å². The molecule has 1 saturated heterocycles. The van der Waals surface area contributed by atoms with Gasteiger partial charge in [0.05, 0.1) is 0 Å². The van der Waals surface area contributed by atoms with Gasteiger partial charge in [0, 0.05) is 5.75 Å². The van der Waals surface area contributed by atoms with Gasteiger partial charge in [-0.3, -0.25) is 19.2 Å². The maximum absolute atomic E-state index is 10.1. The summed E-state index contributed by atoms with van der Waals surface area (Å²) in [6, 6.07) is -2.51. The Hall–Kier alpha value is -1.97. The van der Waals surface area contributed by atoms with Crippen molar-refractivity contribution in [3.8, 4) is 0 Å². The van der Waals surface area contributed by atoms with Gasteiger partial charge in [0.1, 0.15) is 24.2 Å². The Morgan fingerprint density at radius 1 is 0.939 bits per heavy atom. The summed E-state index contributed by atoms with van der Waals surface area (Å²) in [5.74, 6) is -3.38. The molecule has 0 spiro atoms. The van der Waals surface area contributed by atoms with Crippen LogP contribution < -0.4 is 28.3 Å². The van der Waals surface area contributed by atoms with Crippen LogP contribution in [0.1, 0.15) is 46.0 Å². The Balaban J connectivity index is -0.000000367. The third-order valence-corrected chi connectivity index (χ3v) is 4.56. The number of nitrogens with one attached hydrogen (secondary N) is 1. The van der Waals surface area contributed by atoms with Crippen molar-refractivity contribution in [2.45, 2.75) is 70.1 Å². The molecule has 196 valence electrons. The van der Waals surface area contributed by atoms with Crippen LogP contribution in [-0.4, -0.2) is 87.3 Å². The second kappa shape index (κ2) is 21.9. The predicted octanol–water partition coefficient (Wildman–Crippen LogP) is -1.27. The number of nitrogens with two attached hydrogens (primary N) is 4. The van der Waals surface area contributed by atoms with Gasteiger partial charge < -0.3 is 48.7 Å². The molecule has 1 fully saturated rings. The molecule has 0 amide bonds. The highest BCUT2D eigenvalue weighted by Gasteiger charge is 2.20. The van der Waals surface area contributed by atoms with E-state index in [4.69, 9.17) is 43.4 Å². The third kappa shape index (κ3) is 23.0. The van der Waals surface area contributed by atoms with E-state index in [0.29, 0.717) is 13.0 Å². The van der Waals surface area contributed by atoms with Gasteiger partial charge in [-0.15, -0.1) is 0 Å². The minimum Gasteiger partial charge on any atom is -0.480 e. The normalized spacial score (nSPS) is 17.0. The van der Waals surface area contributed by atoms with E-state index in [-0.39, 0.29) is 17.7 Å². The molecule has 1 heterocycles. The molecule has 3 unspecified atom stereocenters. The molecule has 1 rings (SSSR count). The maximum Gasteiger partial charge on any atom is 0.321 e. The topological polar surface area (TPSA) is 265 Å². The molecule has 0 aromatic rings. The number of carbonyl (C=O) groups is 4. The Bertz CT molecular complexity index is 550. The number of thiol groups is 1. The molecule has 0 aliphatic carbocycles. The minimum absolute atomic E-state index is 0.0208. The fourth-order valence-electron chi connectivity index (χ4n) is 1.89. The minimum atomic E-state index is -1.00. The summed E-state index contributed by atoms with van der Waals surface area (Å²) in [6.07, 6.45) is 3.95. The molecule has 0 aromatic heterocycles. The average molecular weight is 500 g/mol. The van der Waals surface area contributed by atoms with Gasteiger partial charge in [0.15, 0.2) is 0 Å². The van der Waals surface area contributed by atoms with Gasteiger partial charge in [-0.25, -0.2) is 0 Å². The standard InChI is InChI=1S/C6H14N2O2.C5H9NO2.C5H11NO2.C3H7NO2S/c7-4-2-1-3-5(8)6(9)10;7-5(8)4-2-1-3-6-4;1-3(2)4(6)5(7)8;4-2(1-7)3(5)6/h5H,1-4,7-8H2,(H,9,10);4,6H,1-3H2,(H,7,8);3-4H,6H2,1-2H3,(H,7,8);2,7H,1,4H2,(H,5,6)/t;4-;;/m.0../s1. The van der Waals surface area contributed by atoms with Crippen molar-refractivity contribution in [2.75, 3.05) is 18.8 Å². The quantitative estimate of drug-likeness (QED) is 0.124. The molecule has 0 radical (unpaired) electrons. The highest BCUT2D eigenvalue weighted by molar-refractivity contribution is 7.80. The Morgan fingerprint density at radius 3 is 1.64 bits per heavy atom. The largest absolute Gasteiger partial charge is 0.480 e. The second-order valence-corrected chi connectivity index (χ2v) is 7.82. The first-order chi connectivity index (χ1) is 15.2. The van der Waals surface area contributed by atoms with E-state index in [1.54, 1.807) is 13.8 Å². The van der Waals surface area contributed by atoms with Crippen molar-refractivity contribution in [1.29, 1.82) is 0 Å². The summed E-state index contributed by atoms with van der Waals surface area (Å²) in [6.45, 7) is 5.01. The number of hydrogen-bond donors (Lipinski definition) is 10. The number of unbranched alkanes of at least 4 members (excludes halogenated alkanes) is 1. The van der Waals surface area contributed by atoms with Crippen molar-refractivity contribution < 1.29 is 39.6 Å². The van der Waals surface area contributed by atoms with Crippen molar-refractivity contribution in [2.24, 2.45) is 28.9 Å². The molecule has 1 aliphatic rings. The molecule has 13 nitrogen and oxygen atoms in total. The van der Waals surface area contributed by atoms with E-state index in [1.165, 1.54) is 0 Å². The van der Waals surface area contributed by atoms with Crippen molar-refractivity contribution in [3.63, 3.8) is 0 Å². The van der Waals surface area contributed by atoms with Gasteiger partial charge in [0.2, 0.25) is 0 Å². The van der Waals surface area contributed by atoms with Crippen molar-refractivity contribution >= 4 is 36.5 Å². The third-order valence-electron chi connectivity index (χ3n) is 4.16. The van der Waals surface area contributed by atoms with Crippen LogP contribution in [0.25, 0.3) is 0 Å². The van der Waals surface area contributed by atoms with E-state index in [0.717, 1.165) is 32.2 Å². The number of rotatable bonds is 10. The van der Waals surface area contributed by atoms with Crippen LogP contribution in [0.4, 0.5) is 0 Å². The molecular formula is C19H41N5O8S. The highest BCUT2D eigenvalue weighted by atomic mass is 32.1. The first-order valence-electron chi connectivity index (χ1n) is 10.4. The number of carboxylic acids is 4. The van der Waals surface area contributed by atoms with Crippen LogP contribution in [-0.2, 0) is 19.2 Å². The summed E-state index contributed by atoms with van der Waals surface area (Å²) in [5.41, 5.74) is 20.5. The molecule has 14 heteroatoms. The van der Waals surface area contributed by atoms with E-state index in [9.17, 15) is 19.2 Å². The lowest BCUT2D eigenvalue weighted by molar-refractivity contribution is -0.140. The van der Waals surface area contributed by atoms with E-state index in [2.05, 4.69) is 17.9 Å². The monoisotopic (exact) mass is 499 g/mol. The lowest BCUT2D eigenvalue weighted by Gasteiger charge is -2.07. The van der Waals surface area contributed by atoms with Crippen molar-refractivity contribution in [3.05, 3.63) is 0 Å². The molecule has 0 saturated carbocycles. The van der Waals surface area contributed by atoms with Crippen LogP contribution >= 0.6 is 12.6 Å². The number of carboxylic acid groups (broad SMARTS) is 4. The van der Waals surface area contributed by atoms with Crippen LogP contribution in [0.15, 0.2) is 0 Å². The van der Waals surface area contributed by atoms with E-state index >= 15 is 0 Å². The molecular weight excluding hydrogens is 458 g/mol. The summed E-state index contributed by atoms with van der Waals surface area (Å²) in [7, 11) is 0.